The van der Waals surface area contributed by atoms with Crippen molar-refractivity contribution in [2.24, 2.45) is 0 Å². The fraction of sp³-hybridized carbons (Fsp3) is 0. The maximum absolute atomic E-state index is 12.5. The van der Waals surface area contributed by atoms with E-state index in [0.29, 0.717) is 22.9 Å². The lowest BCUT2D eigenvalue weighted by molar-refractivity contribution is 0.238. The van der Waals surface area contributed by atoms with Crippen molar-refractivity contribution < 1.29 is 13.6 Å². The van der Waals surface area contributed by atoms with E-state index in [2.05, 4.69) is 10.2 Å². The van der Waals surface area contributed by atoms with Crippen LogP contribution in [0.15, 0.2) is 70.2 Å². The number of aromatic nitrogens is 4. The van der Waals surface area contributed by atoms with Gasteiger partial charge in [-0.3, -0.25) is 0 Å². The third kappa shape index (κ3) is 3.46. The molecule has 4 aromatic heterocycles. The molecule has 0 atom stereocenters. The van der Waals surface area contributed by atoms with Crippen molar-refractivity contribution >= 4 is 30.3 Å². The van der Waals surface area contributed by atoms with Crippen molar-refractivity contribution in [1.29, 1.82) is 0 Å². The smallest absolute Gasteiger partial charge is 0.369 e. The van der Waals surface area contributed by atoms with Crippen LogP contribution in [0.5, 0.6) is 0 Å². The first-order valence-corrected chi connectivity index (χ1v) is 7.87. The largest absolute Gasteiger partial charge is 0.465 e. The van der Waals surface area contributed by atoms with E-state index < -0.39 is 0 Å². The molecule has 4 rings (SSSR count). The van der Waals surface area contributed by atoms with Gasteiger partial charge in [-0.1, -0.05) is 0 Å². The molecule has 0 aromatic carbocycles. The Morgan fingerprint density at radius 3 is 1.69 bits per heavy atom. The quantitative estimate of drug-likeness (QED) is 0.555. The molecule has 0 saturated heterocycles. The molecule has 128 valence electrons. The van der Waals surface area contributed by atoms with Crippen LogP contribution in [-0.4, -0.2) is 25.6 Å². The second kappa shape index (κ2) is 6.94. The Morgan fingerprint density at radius 1 is 0.769 bits per heavy atom. The highest BCUT2D eigenvalue weighted by Crippen LogP contribution is 2.09. The monoisotopic (exact) mass is 346 g/mol. The van der Waals surface area contributed by atoms with Crippen molar-refractivity contribution in [3.05, 3.63) is 84.2 Å². The lowest BCUT2D eigenvalue weighted by Gasteiger charge is -1.98. The average Bonchev–Trinajstić information content (AvgIpc) is 3.46. The molecule has 0 spiro atoms. The van der Waals surface area contributed by atoms with Crippen LogP contribution in [0.3, 0.4) is 0 Å². The molecule has 0 radical (unpaired) electrons. The molecule has 0 N–H and O–H groups in total. The second-order valence-electron chi connectivity index (χ2n) is 5.35. The molecule has 4 aromatic rings. The van der Waals surface area contributed by atoms with Crippen molar-refractivity contribution in [2.45, 2.75) is 0 Å². The Bertz CT molecular complexity index is 966. The van der Waals surface area contributed by atoms with Gasteiger partial charge in [0.15, 0.2) is 0 Å². The number of carbonyl (C=O) groups is 1. The van der Waals surface area contributed by atoms with E-state index in [9.17, 15) is 4.79 Å². The van der Waals surface area contributed by atoms with E-state index >= 15 is 0 Å². The van der Waals surface area contributed by atoms with E-state index in [1.165, 1.54) is 9.36 Å². The summed E-state index contributed by atoms with van der Waals surface area (Å²) in [6, 6.07) is 10.4. The zero-order valence-electron chi connectivity index (χ0n) is 13.6. The van der Waals surface area contributed by atoms with E-state index in [4.69, 9.17) is 8.83 Å². The summed E-state index contributed by atoms with van der Waals surface area (Å²) >= 11 is 0. The lowest BCUT2D eigenvalue weighted by Crippen LogP contribution is -2.20. The Morgan fingerprint density at radius 2 is 1.27 bits per heavy atom. The normalized spacial score (nSPS) is 11.7. The van der Waals surface area contributed by atoms with E-state index in [-0.39, 0.29) is 6.03 Å². The highest BCUT2D eigenvalue weighted by Gasteiger charge is 2.10. The summed E-state index contributed by atoms with van der Waals surface area (Å²) in [5.74, 6) is 1.43. The fourth-order valence-corrected chi connectivity index (χ4v) is 2.28. The third-order valence-electron chi connectivity index (χ3n) is 3.53. The molecule has 0 fully saturated rings. The topological polar surface area (TPSA) is 79.0 Å². The summed E-state index contributed by atoms with van der Waals surface area (Å²) in [5, 5.41) is 8.45. The van der Waals surface area contributed by atoms with Gasteiger partial charge in [0.25, 0.3) is 0 Å². The molecule has 0 saturated carbocycles. The number of hydrogen-bond acceptors (Lipinski definition) is 5. The summed E-state index contributed by atoms with van der Waals surface area (Å²) in [6.45, 7) is 0. The summed E-state index contributed by atoms with van der Waals surface area (Å²) in [5.41, 5.74) is 1.28. The van der Waals surface area contributed by atoms with Gasteiger partial charge in [-0.25, -0.2) is 4.79 Å². The van der Waals surface area contributed by atoms with Crippen LogP contribution < -0.4 is 0 Å². The summed E-state index contributed by atoms with van der Waals surface area (Å²) < 4.78 is 12.9. The van der Waals surface area contributed by atoms with Crippen LogP contribution in [0.1, 0.15) is 22.9 Å². The molecule has 0 amide bonds. The van der Waals surface area contributed by atoms with Crippen LogP contribution in [0.2, 0.25) is 0 Å². The van der Waals surface area contributed by atoms with Crippen LogP contribution in [-0.2, 0) is 0 Å². The number of furan rings is 2. The van der Waals surface area contributed by atoms with Gasteiger partial charge in [-0.05, 0) is 60.7 Å². The minimum atomic E-state index is -0.375. The van der Waals surface area contributed by atoms with Crippen molar-refractivity contribution in [3.63, 3.8) is 0 Å². The number of hydrogen-bond donors (Lipinski definition) is 0. The summed E-state index contributed by atoms with van der Waals surface area (Å²) in [7, 11) is 0. The molecule has 0 aliphatic heterocycles. The number of rotatable bonds is 4. The van der Waals surface area contributed by atoms with Gasteiger partial charge >= 0.3 is 6.03 Å². The number of nitrogens with zero attached hydrogens (tertiary/aromatic N) is 4. The van der Waals surface area contributed by atoms with Crippen molar-refractivity contribution in [1.82, 2.24) is 19.6 Å². The molecule has 0 unspecified atom stereocenters. The van der Waals surface area contributed by atoms with Crippen molar-refractivity contribution in [2.75, 3.05) is 0 Å². The molecule has 4 heterocycles. The molecule has 0 aliphatic carbocycles. The average molecular weight is 346 g/mol. The predicted molar refractivity (Wildman–Crippen MR) is 95.9 cm³/mol. The Kier molecular flexibility index (Phi) is 4.17. The van der Waals surface area contributed by atoms with Gasteiger partial charge in [-0.15, -0.1) is 0 Å². The number of carbonyl (C=O) groups excluding carboxylic acids is 1. The van der Waals surface area contributed by atoms with Crippen LogP contribution >= 0.6 is 0 Å². The van der Waals surface area contributed by atoms with Crippen molar-refractivity contribution in [3.8, 4) is 0 Å². The SMILES string of the molecule is O=C(n1ccc(C=Cc2ccco2)n1)n1ccc(C=Cc2ccco2)n1. The Hall–Kier alpha value is -3.87. The first-order valence-electron chi connectivity index (χ1n) is 7.87. The van der Waals surface area contributed by atoms with E-state index in [1.807, 2.05) is 12.1 Å². The minimum Gasteiger partial charge on any atom is -0.465 e. The molecule has 7 nitrogen and oxygen atoms in total. The maximum atomic E-state index is 12.5. The zero-order chi connectivity index (χ0) is 17.8. The second-order valence-corrected chi connectivity index (χ2v) is 5.35. The highest BCUT2D eigenvalue weighted by atomic mass is 16.3. The minimum absolute atomic E-state index is 0.375. The molecule has 26 heavy (non-hydrogen) atoms. The van der Waals surface area contributed by atoms with Crippen LogP contribution in [0.4, 0.5) is 4.79 Å². The standard InChI is InChI=1S/C19H14N4O3/c24-19(22-11-9-15(20-22)5-7-17-3-1-13-25-17)23-12-10-16(21-23)6-8-18-4-2-14-26-18/h1-14H. The van der Waals surface area contributed by atoms with Crippen LogP contribution in [0.25, 0.3) is 24.3 Å². The maximum Gasteiger partial charge on any atom is 0.369 e. The summed E-state index contributed by atoms with van der Waals surface area (Å²) in [4.78, 5) is 12.5. The molecule has 0 aliphatic rings. The van der Waals surface area contributed by atoms with E-state index in [1.54, 1.807) is 73.5 Å². The Labute approximate surface area is 148 Å². The third-order valence-corrected chi connectivity index (χ3v) is 3.53. The van der Waals surface area contributed by atoms with Gasteiger partial charge in [0.05, 0.1) is 23.9 Å². The Balaban J connectivity index is 1.46. The van der Waals surface area contributed by atoms with Gasteiger partial charge < -0.3 is 8.83 Å². The van der Waals surface area contributed by atoms with Crippen LogP contribution in [0, 0.1) is 0 Å². The highest BCUT2D eigenvalue weighted by molar-refractivity contribution is 5.78. The molecular weight excluding hydrogens is 332 g/mol. The predicted octanol–water partition coefficient (Wildman–Crippen LogP) is 4.12. The molecule has 7 heteroatoms. The fourth-order valence-electron chi connectivity index (χ4n) is 2.28. The lowest BCUT2D eigenvalue weighted by atomic mass is 10.3. The van der Waals surface area contributed by atoms with Gasteiger partial charge in [0, 0.05) is 12.4 Å². The van der Waals surface area contributed by atoms with Gasteiger partial charge in [0.2, 0.25) is 0 Å². The summed E-state index contributed by atoms with van der Waals surface area (Å²) in [6.07, 6.45) is 13.5. The zero-order valence-corrected chi connectivity index (χ0v) is 13.6. The first-order chi connectivity index (χ1) is 12.8. The first kappa shape index (κ1) is 15.6. The van der Waals surface area contributed by atoms with Gasteiger partial charge in [0.1, 0.15) is 11.5 Å². The molecular formula is C19H14N4O3. The van der Waals surface area contributed by atoms with E-state index in [0.717, 1.165) is 0 Å². The van der Waals surface area contributed by atoms with Gasteiger partial charge in [-0.2, -0.15) is 19.6 Å². The molecule has 0 bridgehead atoms.